The highest BCUT2D eigenvalue weighted by molar-refractivity contribution is 5.20. The lowest BCUT2D eigenvalue weighted by atomic mass is 10.1. The third-order valence-electron chi connectivity index (χ3n) is 1.70. The zero-order valence-electron chi connectivity index (χ0n) is 6.68. The van der Waals surface area contributed by atoms with Crippen LogP contribution in [0.2, 0.25) is 0 Å². The van der Waals surface area contributed by atoms with E-state index in [9.17, 15) is 13.9 Å². The molecule has 1 radical (unpaired) electrons. The minimum Gasteiger partial charge on any atom is -0.228 e. The van der Waals surface area contributed by atoms with Crippen molar-refractivity contribution in [2.45, 2.75) is 19.4 Å². The molecule has 1 aromatic carbocycles. The van der Waals surface area contributed by atoms with Gasteiger partial charge >= 0.3 is 0 Å². The lowest BCUT2D eigenvalue weighted by molar-refractivity contribution is 0.0818. The van der Waals surface area contributed by atoms with E-state index in [0.29, 0.717) is 0 Å². The molecule has 1 rings (SSSR count). The topological polar surface area (TPSA) is 19.9 Å². The largest absolute Gasteiger partial charge is 0.228 e. The van der Waals surface area contributed by atoms with Crippen molar-refractivity contribution >= 4 is 0 Å². The van der Waals surface area contributed by atoms with E-state index < -0.39 is 17.7 Å². The summed E-state index contributed by atoms with van der Waals surface area (Å²) in [6.45, 7) is 1.64. The second-order valence-corrected chi connectivity index (χ2v) is 2.54. The van der Waals surface area contributed by atoms with Crippen molar-refractivity contribution in [2.75, 3.05) is 0 Å². The van der Waals surface area contributed by atoms with Gasteiger partial charge < -0.3 is 0 Å². The third-order valence-corrected chi connectivity index (χ3v) is 1.70. The molecule has 12 heavy (non-hydrogen) atoms. The summed E-state index contributed by atoms with van der Waals surface area (Å²) in [5.41, 5.74) is -0.0856. The van der Waals surface area contributed by atoms with E-state index in [1.54, 1.807) is 6.92 Å². The third kappa shape index (κ3) is 1.61. The van der Waals surface area contributed by atoms with Crippen LogP contribution in [0.25, 0.3) is 0 Å². The number of benzene rings is 1. The van der Waals surface area contributed by atoms with E-state index in [4.69, 9.17) is 0 Å². The zero-order chi connectivity index (χ0) is 9.14. The fraction of sp³-hybridized carbons (Fsp3) is 0.333. The SMILES string of the molecule is CCC([O])c1cccc(F)c1F. The zero-order valence-corrected chi connectivity index (χ0v) is 6.68. The van der Waals surface area contributed by atoms with Gasteiger partial charge in [-0.3, -0.25) is 0 Å². The quantitative estimate of drug-likeness (QED) is 0.652. The fourth-order valence-corrected chi connectivity index (χ4v) is 0.989. The normalized spacial score (nSPS) is 13.0. The summed E-state index contributed by atoms with van der Waals surface area (Å²) in [5.74, 6) is -1.97. The Morgan fingerprint density at radius 2 is 2.08 bits per heavy atom. The summed E-state index contributed by atoms with van der Waals surface area (Å²) in [4.78, 5) is 0. The van der Waals surface area contributed by atoms with Gasteiger partial charge in [-0.2, -0.15) is 0 Å². The van der Waals surface area contributed by atoms with Crippen LogP contribution in [-0.4, -0.2) is 0 Å². The van der Waals surface area contributed by atoms with Gasteiger partial charge in [0.1, 0.15) is 6.10 Å². The molecule has 0 spiro atoms. The van der Waals surface area contributed by atoms with Crippen molar-refractivity contribution in [1.82, 2.24) is 0 Å². The molecule has 3 heteroatoms. The molecule has 0 aromatic heterocycles. The molecule has 0 saturated heterocycles. The number of halogens is 2. The molecule has 0 heterocycles. The Kier molecular flexibility index (Phi) is 2.76. The molecule has 0 amide bonds. The predicted octanol–water partition coefficient (Wildman–Crippen LogP) is 2.85. The van der Waals surface area contributed by atoms with Crippen molar-refractivity contribution in [3.8, 4) is 0 Å². The van der Waals surface area contributed by atoms with Crippen molar-refractivity contribution in [2.24, 2.45) is 0 Å². The van der Waals surface area contributed by atoms with E-state index in [1.165, 1.54) is 12.1 Å². The van der Waals surface area contributed by atoms with Gasteiger partial charge in [0.05, 0.1) is 0 Å². The molecular formula is C9H9F2O. The van der Waals surface area contributed by atoms with Crippen LogP contribution in [0, 0.1) is 11.6 Å². The van der Waals surface area contributed by atoms with Gasteiger partial charge in [-0.05, 0) is 12.5 Å². The summed E-state index contributed by atoms with van der Waals surface area (Å²) >= 11 is 0. The van der Waals surface area contributed by atoms with E-state index in [-0.39, 0.29) is 12.0 Å². The molecule has 1 unspecified atom stereocenters. The summed E-state index contributed by atoms with van der Waals surface area (Å²) in [6.07, 6.45) is -0.902. The van der Waals surface area contributed by atoms with Crippen molar-refractivity contribution in [3.63, 3.8) is 0 Å². The second-order valence-electron chi connectivity index (χ2n) is 2.54. The fourth-order valence-electron chi connectivity index (χ4n) is 0.989. The molecule has 0 saturated carbocycles. The van der Waals surface area contributed by atoms with Crippen molar-refractivity contribution < 1.29 is 13.9 Å². The van der Waals surface area contributed by atoms with Gasteiger partial charge in [0.25, 0.3) is 0 Å². The second kappa shape index (κ2) is 3.63. The number of hydrogen-bond acceptors (Lipinski definition) is 0. The van der Waals surface area contributed by atoms with Crippen LogP contribution >= 0.6 is 0 Å². The van der Waals surface area contributed by atoms with E-state index in [2.05, 4.69) is 0 Å². The summed E-state index contributed by atoms with van der Waals surface area (Å²) in [7, 11) is 0. The Morgan fingerprint density at radius 3 is 2.67 bits per heavy atom. The molecule has 0 bridgehead atoms. The first-order valence-electron chi connectivity index (χ1n) is 3.76. The van der Waals surface area contributed by atoms with Crippen LogP contribution in [0.4, 0.5) is 8.78 Å². The maximum Gasteiger partial charge on any atom is 0.164 e. The first-order valence-corrected chi connectivity index (χ1v) is 3.76. The van der Waals surface area contributed by atoms with Crippen LogP contribution < -0.4 is 0 Å². The average Bonchev–Trinajstić information content (AvgIpc) is 2.08. The maximum absolute atomic E-state index is 12.9. The van der Waals surface area contributed by atoms with Gasteiger partial charge in [0, 0.05) is 5.56 Å². The first-order chi connectivity index (χ1) is 5.66. The smallest absolute Gasteiger partial charge is 0.164 e. The van der Waals surface area contributed by atoms with E-state index in [1.807, 2.05) is 0 Å². The van der Waals surface area contributed by atoms with Crippen molar-refractivity contribution in [3.05, 3.63) is 35.4 Å². The molecular weight excluding hydrogens is 162 g/mol. The molecule has 65 valence electrons. The molecule has 0 aliphatic rings. The van der Waals surface area contributed by atoms with Crippen LogP contribution in [-0.2, 0) is 5.11 Å². The van der Waals surface area contributed by atoms with Gasteiger partial charge in [-0.1, -0.05) is 19.1 Å². The standard InChI is InChI=1S/C9H9F2O/c1-2-8(12)6-4-3-5-7(10)9(6)11/h3-5,8H,2H2,1H3. The minimum absolute atomic E-state index is 0.0856. The molecule has 1 nitrogen and oxygen atoms in total. The number of hydrogen-bond donors (Lipinski definition) is 0. The molecule has 0 N–H and O–H groups in total. The van der Waals surface area contributed by atoms with Gasteiger partial charge in [-0.25, -0.2) is 13.9 Å². The molecule has 0 aliphatic heterocycles. The highest BCUT2D eigenvalue weighted by Crippen LogP contribution is 2.21. The lowest BCUT2D eigenvalue weighted by Crippen LogP contribution is -1.99. The average molecular weight is 171 g/mol. The van der Waals surface area contributed by atoms with E-state index >= 15 is 0 Å². The molecule has 1 aromatic rings. The molecule has 1 atom stereocenters. The van der Waals surface area contributed by atoms with Crippen molar-refractivity contribution in [1.29, 1.82) is 0 Å². The Labute approximate surface area is 69.7 Å². The van der Waals surface area contributed by atoms with Gasteiger partial charge in [-0.15, -0.1) is 0 Å². The van der Waals surface area contributed by atoms with Gasteiger partial charge in [0.15, 0.2) is 11.6 Å². The van der Waals surface area contributed by atoms with Gasteiger partial charge in [0.2, 0.25) is 0 Å². The Bertz CT molecular complexity index is 273. The minimum atomic E-state index is -1.17. The molecule has 0 aliphatic carbocycles. The monoisotopic (exact) mass is 171 g/mol. The Morgan fingerprint density at radius 1 is 1.42 bits per heavy atom. The highest BCUT2D eigenvalue weighted by atomic mass is 19.2. The number of rotatable bonds is 2. The van der Waals surface area contributed by atoms with Crippen LogP contribution in [0.1, 0.15) is 25.0 Å². The summed E-state index contributed by atoms with van der Waals surface area (Å²) in [5, 5.41) is 11.1. The van der Waals surface area contributed by atoms with E-state index in [0.717, 1.165) is 6.07 Å². The van der Waals surface area contributed by atoms with Crippen LogP contribution in [0.15, 0.2) is 18.2 Å². The summed E-state index contributed by atoms with van der Waals surface area (Å²) < 4.78 is 25.4. The maximum atomic E-state index is 12.9. The van der Waals surface area contributed by atoms with Crippen LogP contribution in [0.5, 0.6) is 0 Å². The molecule has 0 fully saturated rings. The lowest BCUT2D eigenvalue weighted by Gasteiger charge is -2.06. The van der Waals surface area contributed by atoms with Crippen LogP contribution in [0.3, 0.4) is 0 Å². The first kappa shape index (κ1) is 9.13. The Hall–Kier alpha value is -0.960. The Balaban J connectivity index is 3.07. The summed E-state index contributed by atoms with van der Waals surface area (Å²) in [6, 6.07) is 3.66. The highest BCUT2D eigenvalue weighted by Gasteiger charge is 2.14. The predicted molar refractivity (Wildman–Crippen MR) is 40.1 cm³/mol.